The molecule has 0 unspecified atom stereocenters. The number of ketones is 2. The molecule has 51 heavy (non-hydrogen) atoms. The van der Waals surface area contributed by atoms with E-state index in [0.717, 1.165) is 25.9 Å². The number of aliphatic hydroxyl groups excluding tert-OH is 1. The minimum absolute atomic E-state index is 0.0236. The van der Waals surface area contributed by atoms with Gasteiger partial charge in [0.2, 0.25) is 11.8 Å². The van der Waals surface area contributed by atoms with Crippen molar-refractivity contribution >= 4 is 52.5 Å². The van der Waals surface area contributed by atoms with E-state index in [0.29, 0.717) is 61.9 Å². The van der Waals surface area contributed by atoms with E-state index < -0.39 is 34.1 Å². The maximum Gasteiger partial charge on any atom is 0.221 e. The summed E-state index contributed by atoms with van der Waals surface area (Å²) >= 11 is 6.83. The fraction of sp³-hybridized carbons (Fsp3) is 0.757. The average Bonchev–Trinajstić information content (AvgIpc) is 3.27. The highest BCUT2D eigenvalue weighted by molar-refractivity contribution is 8.00. The quantitative estimate of drug-likeness (QED) is 0.0958. The van der Waals surface area contributed by atoms with Crippen molar-refractivity contribution in [2.24, 2.45) is 28.6 Å². The van der Waals surface area contributed by atoms with Gasteiger partial charge in [0.25, 0.3) is 0 Å². The second-order valence-electron chi connectivity index (χ2n) is 15.4. The van der Waals surface area contributed by atoms with Gasteiger partial charge in [-0.25, -0.2) is 4.39 Å². The minimum Gasteiger partial charge on any atom is -0.390 e. The van der Waals surface area contributed by atoms with Crippen LogP contribution in [0.5, 0.6) is 0 Å². The summed E-state index contributed by atoms with van der Waals surface area (Å²) in [5.41, 5.74) is -5.04. The molecular formula is C37H58FN5O6S2. The monoisotopic (exact) mass is 751 g/mol. The Morgan fingerprint density at radius 2 is 1.73 bits per heavy atom. The Morgan fingerprint density at radius 1 is 1.06 bits per heavy atom. The zero-order valence-electron chi connectivity index (χ0n) is 30.8. The first-order valence-corrected chi connectivity index (χ1v) is 19.9. The van der Waals surface area contributed by atoms with Gasteiger partial charge in [0.1, 0.15) is 5.60 Å². The van der Waals surface area contributed by atoms with Gasteiger partial charge >= 0.3 is 0 Å². The number of nitrogens with one attached hydrogen (secondary N) is 4. The number of aliphatic hydroxyl groups is 2. The van der Waals surface area contributed by atoms with Crippen LogP contribution in [0.4, 0.5) is 4.39 Å². The van der Waals surface area contributed by atoms with Crippen molar-refractivity contribution in [1.82, 2.24) is 26.2 Å². The van der Waals surface area contributed by atoms with E-state index in [2.05, 4.69) is 26.2 Å². The Labute approximate surface area is 311 Å². The molecule has 14 heteroatoms. The standard InChI is InChI=1S/C37H58FN5O6S2/c1-24-20-29-28-9-8-26-21-27(45)10-12-34(26,3)36(28,38)30(46)22-35(29,4)37(24,49)31(47)23-51-19-16-42-33(50)41-14-7-18-43(5)17-6-13-40-32(48)11-15-39-25(2)44/h10,12,21,24,28-30,46,49H,6-9,11,13-20,22-23H2,1-5H3,(H,39,44)(H,40,48)(H2,41,42,50)/t24-,28+,29+,30+,34+,35+,36+,37+/m1/s1. The largest absolute Gasteiger partial charge is 0.390 e. The first-order valence-electron chi connectivity index (χ1n) is 18.4. The van der Waals surface area contributed by atoms with E-state index in [9.17, 15) is 29.4 Å². The third-order valence-electron chi connectivity index (χ3n) is 12.2. The van der Waals surface area contributed by atoms with Gasteiger partial charge in [-0.1, -0.05) is 25.5 Å². The molecule has 3 saturated carbocycles. The molecule has 286 valence electrons. The van der Waals surface area contributed by atoms with Crippen LogP contribution in [0.25, 0.3) is 0 Å². The van der Waals surface area contributed by atoms with Crippen molar-refractivity contribution in [2.45, 2.75) is 90.0 Å². The number of rotatable bonds is 17. The van der Waals surface area contributed by atoms with Crippen molar-refractivity contribution in [1.29, 1.82) is 0 Å². The molecule has 0 spiro atoms. The lowest BCUT2D eigenvalue weighted by Gasteiger charge is -2.62. The number of halogens is 1. The van der Waals surface area contributed by atoms with Gasteiger partial charge in [0, 0.05) is 62.0 Å². The molecule has 4 rings (SSSR count). The molecule has 0 bridgehead atoms. The summed E-state index contributed by atoms with van der Waals surface area (Å²) in [5, 5.41) is 36.1. The molecule has 0 aliphatic heterocycles. The molecule has 6 N–H and O–H groups in total. The van der Waals surface area contributed by atoms with Crippen molar-refractivity contribution in [3.63, 3.8) is 0 Å². The zero-order chi connectivity index (χ0) is 37.6. The fourth-order valence-electron chi connectivity index (χ4n) is 9.39. The van der Waals surface area contributed by atoms with Crippen molar-refractivity contribution in [3.8, 4) is 0 Å². The Bertz CT molecular complexity index is 1400. The molecule has 11 nitrogen and oxygen atoms in total. The number of carbonyl (C=O) groups excluding carboxylic acids is 4. The second-order valence-corrected chi connectivity index (χ2v) is 16.9. The fourth-order valence-corrected chi connectivity index (χ4v) is 10.4. The molecule has 4 aliphatic rings. The van der Waals surface area contributed by atoms with Crippen LogP contribution in [0, 0.1) is 28.6 Å². The van der Waals surface area contributed by atoms with E-state index in [1.807, 2.05) is 20.9 Å². The van der Waals surface area contributed by atoms with Gasteiger partial charge < -0.3 is 36.4 Å². The van der Waals surface area contributed by atoms with E-state index in [-0.39, 0.29) is 53.8 Å². The SMILES string of the molecule is CC(=O)NCCC(=O)NCCCN(C)CCCNC(=S)NCCSCC(=O)[C@@]1(O)[C@H](C)C[C@H]2[C@@H]3CCC4=CC(=O)C=C[C@]4(C)[C@@]3(F)[C@@H](O)C[C@@]21C. The normalized spacial score (nSPS) is 33.8. The third kappa shape index (κ3) is 8.55. The summed E-state index contributed by atoms with van der Waals surface area (Å²) in [5.74, 6) is -1.17. The molecule has 0 aromatic heterocycles. The molecule has 0 heterocycles. The van der Waals surface area contributed by atoms with Gasteiger partial charge in [-0.3, -0.25) is 19.2 Å². The summed E-state index contributed by atoms with van der Waals surface area (Å²) < 4.78 is 17.4. The van der Waals surface area contributed by atoms with Crippen LogP contribution in [0.3, 0.4) is 0 Å². The zero-order valence-corrected chi connectivity index (χ0v) is 32.5. The van der Waals surface area contributed by atoms with Gasteiger partial charge in [-0.05, 0) is 102 Å². The number of Topliss-reactive ketones (excluding diaryl/α,β-unsaturated/α-hetero) is 1. The predicted molar refractivity (Wildman–Crippen MR) is 202 cm³/mol. The maximum absolute atomic E-state index is 17.4. The number of hydrogen-bond donors (Lipinski definition) is 6. The van der Waals surface area contributed by atoms with Gasteiger partial charge in [0.05, 0.1) is 11.9 Å². The number of fused-ring (bicyclic) bond motifs is 5. The van der Waals surface area contributed by atoms with E-state index >= 15 is 4.39 Å². The number of carbonyl (C=O) groups is 4. The summed E-state index contributed by atoms with van der Waals surface area (Å²) in [6, 6.07) is 0. The number of nitrogens with zero attached hydrogens (tertiary/aromatic N) is 1. The summed E-state index contributed by atoms with van der Waals surface area (Å²) in [6.45, 7) is 10.8. The molecule has 8 atom stereocenters. The molecule has 2 amide bonds. The lowest BCUT2D eigenvalue weighted by molar-refractivity contribution is -0.218. The topological polar surface area (TPSA) is 160 Å². The maximum atomic E-state index is 17.4. The highest BCUT2D eigenvalue weighted by Crippen LogP contribution is 2.70. The first-order chi connectivity index (χ1) is 24.0. The van der Waals surface area contributed by atoms with Gasteiger partial charge in [-0.15, -0.1) is 0 Å². The van der Waals surface area contributed by atoms with Crippen molar-refractivity contribution in [3.05, 3.63) is 23.8 Å². The lowest BCUT2D eigenvalue weighted by atomic mass is 9.44. The molecule has 0 radical (unpaired) electrons. The molecule has 4 aliphatic carbocycles. The molecule has 3 fully saturated rings. The highest BCUT2D eigenvalue weighted by Gasteiger charge is 2.75. The number of amides is 2. The smallest absolute Gasteiger partial charge is 0.221 e. The molecule has 0 saturated heterocycles. The van der Waals surface area contributed by atoms with Crippen LogP contribution in [-0.4, -0.2) is 119 Å². The first kappa shape index (κ1) is 41.4. The number of hydrogen-bond acceptors (Lipinski definition) is 9. The Morgan fingerprint density at radius 3 is 2.41 bits per heavy atom. The van der Waals surface area contributed by atoms with Crippen LogP contribution >= 0.6 is 24.0 Å². The van der Waals surface area contributed by atoms with Crippen LogP contribution in [0.15, 0.2) is 23.8 Å². The van der Waals surface area contributed by atoms with Crippen LogP contribution < -0.4 is 21.3 Å². The van der Waals surface area contributed by atoms with Crippen molar-refractivity contribution < 1.29 is 33.8 Å². The van der Waals surface area contributed by atoms with E-state index in [1.54, 1.807) is 13.0 Å². The number of thioether (sulfide) groups is 1. The molecule has 0 aromatic rings. The summed E-state index contributed by atoms with van der Waals surface area (Å²) in [7, 11) is 2.03. The average molecular weight is 752 g/mol. The Kier molecular flexibility index (Phi) is 13.9. The number of alkyl halides is 1. The summed E-state index contributed by atoms with van der Waals surface area (Å²) in [4.78, 5) is 50.7. The number of thiocarbonyl (C=S) groups is 1. The lowest BCUT2D eigenvalue weighted by Crippen LogP contribution is -2.69. The van der Waals surface area contributed by atoms with Crippen LogP contribution in [0.1, 0.15) is 72.6 Å². The van der Waals surface area contributed by atoms with Gasteiger partial charge in [0.15, 0.2) is 22.3 Å². The second kappa shape index (κ2) is 17.2. The Balaban J connectivity index is 1.15. The number of allylic oxidation sites excluding steroid dienone is 4. The van der Waals surface area contributed by atoms with Crippen LogP contribution in [0.2, 0.25) is 0 Å². The molecular weight excluding hydrogens is 694 g/mol. The van der Waals surface area contributed by atoms with E-state index in [1.165, 1.54) is 30.8 Å². The summed E-state index contributed by atoms with van der Waals surface area (Å²) in [6.07, 6.45) is 6.61. The van der Waals surface area contributed by atoms with Crippen LogP contribution in [-0.2, 0) is 19.2 Å². The highest BCUT2D eigenvalue weighted by atomic mass is 32.2. The Hall–Kier alpha value is -2.39. The van der Waals surface area contributed by atoms with E-state index in [4.69, 9.17) is 12.2 Å². The predicted octanol–water partition coefficient (Wildman–Crippen LogP) is 2.46. The third-order valence-corrected chi connectivity index (χ3v) is 13.4. The molecule has 0 aromatic carbocycles. The van der Waals surface area contributed by atoms with Gasteiger partial charge in [-0.2, -0.15) is 11.8 Å². The minimum atomic E-state index is -1.99. The van der Waals surface area contributed by atoms with Crippen molar-refractivity contribution in [2.75, 3.05) is 57.8 Å².